The number of nitrogens with zero attached hydrogens (tertiary/aromatic N) is 2. The van der Waals surface area contributed by atoms with Crippen LogP contribution in [0, 0.1) is 0 Å². The smallest absolute Gasteiger partial charge is 0.252 e. The minimum atomic E-state index is -0.0764. The van der Waals surface area contributed by atoms with Crippen LogP contribution in [0.1, 0.15) is 47.7 Å². The number of aromatic nitrogens is 1. The lowest BCUT2D eigenvalue weighted by molar-refractivity contribution is 0.0953. The van der Waals surface area contributed by atoms with Crippen LogP contribution in [0.5, 0.6) is 0 Å². The fourth-order valence-corrected chi connectivity index (χ4v) is 4.15. The van der Waals surface area contributed by atoms with Crippen LogP contribution in [0.4, 0.5) is 11.5 Å². The summed E-state index contributed by atoms with van der Waals surface area (Å²) in [6.07, 6.45) is 0.880. The van der Waals surface area contributed by atoms with E-state index < -0.39 is 0 Å². The molecule has 0 aliphatic rings. The Morgan fingerprint density at radius 1 is 0.943 bits per heavy atom. The predicted octanol–water partition coefficient (Wildman–Crippen LogP) is 6.35. The monoisotopic (exact) mass is 466 g/mol. The lowest BCUT2D eigenvalue weighted by atomic mass is 10.0. The van der Waals surface area contributed by atoms with Gasteiger partial charge in [-0.2, -0.15) is 0 Å². The van der Waals surface area contributed by atoms with Crippen molar-refractivity contribution in [2.45, 2.75) is 32.7 Å². The second kappa shape index (κ2) is 11.6. The summed E-state index contributed by atoms with van der Waals surface area (Å²) in [6.45, 7) is 6.79. The number of hydrogen-bond acceptors (Lipinski definition) is 4. The average Bonchev–Trinajstić information content (AvgIpc) is 2.87. The van der Waals surface area contributed by atoms with Gasteiger partial charge < -0.3 is 15.5 Å². The molecule has 0 bridgehead atoms. The molecule has 2 N–H and O–H groups in total. The third-order valence-electron chi connectivity index (χ3n) is 6.11. The lowest BCUT2D eigenvalue weighted by Gasteiger charge is -2.17. The summed E-state index contributed by atoms with van der Waals surface area (Å²) >= 11 is 0. The summed E-state index contributed by atoms with van der Waals surface area (Å²) in [5.74, 6) is 1.07. The van der Waals surface area contributed by atoms with E-state index in [1.54, 1.807) is 0 Å². The first-order valence-corrected chi connectivity index (χ1v) is 12.3. The molecule has 180 valence electrons. The SMILES string of the molecule is CC(C)c1ccc(Nc2cc(C(=O)NCCCN(C)Cc3ccccc3)c3ccccc3n2)cc1. The Balaban J connectivity index is 1.40. The molecule has 1 heterocycles. The van der Waals surface area contributed by atoms with Gasteiger partial charge in [-0.25, -0.2) is 4.98 Å². The molecule has 0 aliphatic carbocycles. The first-order chi connectivity index (χ1) is 17.0. The molecular formula is C30H34N4O. The van der Waals surface area contributed by atoms with Gasteiger partial charge in [0.1, 0.15) is 5.82 Å². The standard InChI is InChI=1S/C30H34N4O/c1-22(2)24-14-16-25(17-15-24)32-29-20-27(26-12-7-8-13-28(26)33-29)30(35)31-18-9-19-34(3)21-23-10-5-4-6-11-23/h4-8,10-17,20,22H,9,18-19,21H2,1-3H3,(H,31,35)(H,32,33). The second-order valence-corrected chi connectivity index (χ2v) is 9.31. The van der Waals surface area contributed by atoms with Crippen molar-refractivity contribution < 1.29 is 4.79 Å². The van der Waals surface area contributed by atoms with E-state index in [9.17, 15) is 4.79 Å². The van der Waals surface area contributed by atoms with Crippen molar-refractivity contribution >= 4 is 28.3 Å². The highest BCUT2D eigenvalue weighted by Crippen LogP contribution is 2.24. The molecule has 0 atom stereocenters. The number of carbonyl (C=O) groups is 1. The maximum atomic E-state index is 13.1. The highest BCUT2D eigenvalue weighted by atomic mass is 16.1. The minimum absolute atomic E-state index is 0.0764. The second-order valence-electron chi connectivity index (χ2n) is 9.31. The Labute approximate surface area is 208 Å². The number of rotatable bonds is 10. The normalized spacial score (nSPS) is 11.2. The summed E-state index contributed by atoms with van der Waals surface area (Å²) in [6, 6.07) is 28.4. The molecule has 1 aromatic heterocycles. The molecule has 4 aromatic rings. The van der Waals surface area contributed by atoms with E-state index in [0.717, 1.165) is 36.1 Å². The van der Waals surface area contributed by atoms with Crippen LogP contribution in [0.3, 0.4) is 0 Å². The van der Waals surface area contributed by atoms with Gasteiger partial charge in [-0.05, 0) is 61.3 Å². The largest absolute Gasteiger partial charge is 0.352 e. The van der Waals surface area contributed by atoms with E-state index in [0.29, 0.717) is 23.8 Å². The van der Waals surface area contributed by atoms with Gasteiger partial charge in [0.2, 0.25) is 0 Å². The minimum Gasteiger partial charge on any atom is -0.352 e. The van der Waals surface area contributed by atoms with Gasteiger partial charge in [-0.1, -0.05) is 74.5 Å². The van der Waals surface area contributed by atoms with Crippen molar-refractivity contribution in [3.05, 3.63) is 102 Å². The summed E-state index contributed by atoms with van der Waals surface area (Å²) in [4.78, 5) is 20.1. The first kappa shape index (κ1) is 24.4. The summed E-state index contributed by atoms with van der Waals surface area (Å²) in [5.41, 5.74) is 4.96. The van der Waals surface area contributed by atoms with Crippen LogP contribution < -0.4 is 10.6 Å². The highest BCUT2D eigenvalue weighted by Gasteiger charge is 2.13. The number of hydrogen-bond donors (Lipinski definition) is 2. The maximum Gasteiger partial charge on any atom is 0.252 e. The molecule has 0 fully saturated rings. The fraction of sp³-hybridized carbons (Fsp3) is 0.267. The van der Waals surface area contributed by atoms with E-state index in [1.165, 1.54) is 11.1 Å². The Morgan fingerprint density at radius 3 is 2.40 bits per heavy atom. The van der Waals surface area contributed by atoms with Crippen LogP contribution in [0.2, 0.25) is 0 Å². The molecule has 0 saturated carbocycles. The molecule has 0 spiro atoms. The molecule has 3 aromatic carbocycles. The zero-order valence-electron chi connectivity index (χ0n) is 20.8. The maximum absolute atomic E-state index is 13.1. The van der Waals surface area contributed by atoms with Crippen LogP contribution >= 0.6 is 0 Å². The van der Waals surface area contributed by atoms with E-state index in [1.807, 2.05) is 36.4 Å². The molecule has 35 heavy (non-hydrogen) atoms. The molecule has 5 nitrogen and oxygen atoms in total. The number of anilines is 2. The summed E-state index contributed by atoms with van der Waals surface area (Å²) in [7, 11) is 2.11. The Hall–Kier alpha value is -3.70. The number of fused-ring (bicyclic) bond motifs is 1. The number of carbonyl (C=O) groups excluding carboxylic acids is 1. The van der Waals surface area contributed by atoms with Crippen molar-refractivity contribution in [3.8, 4) is 0 Å². The third kappa shape index (κ3) is 6.67. The molecule has 0 radical (unpaired) electrons. The summed E-state index contributed by atoms with van der Waals surface area (Å²) in [5, 5.41) is 7.32. The molecular weight excluding hydrogens is 432 g/mol. The van der Waals surface area contributed by atoms with Crippen molar-refractivity contribution in [1.29, 1.82) is 0 Å². The van der Waals surface area contributed by atoms with Gasteiger partial charge in [0.25, 0.3) is 5.91 Å². The Bertz CT molecular complexity index is 1250. The average molecular weight is 467 g/mol. The van der Waals surface area contributed by atoms with Gasteiger partial charge in [-0.15, -0.1) is 0 Å². The summed E-state index contributed by atoms with van der Waals surface area (Å²) < 4.78 is 0. The number of amides is 1. The number of benzene rings is 3. The van der Waals surface area contributed by atoms with Gasteiger partial charge >= 0.3 is 0 Å². The van der Waals surface area contributed by atoms with Crippen molar-refractivity contribution in [2.24, 2.45) is 0 Å². The molecule has 0 aliphatic heterocycles. The van der Waals surface area contributed by atoms with Gasteiger partial charge in [0, 0.05) is 24.2 Å². The molecule has 1 amide bonds. The number of para-hydroxylation sites is 1. The van der Waals surface area contributed by atoms with Crippen molar-refractivity contribution in [2.75, 3.05) is 25.5 Å². The van der Waals surface area contributed by atoms with Crippen molar-refractivity contribution in [1.82, 2.24) is 15.2 Å². The van der Waals surface area contributed by atoms with E-state index >= 15 is 0 Å². The van der Waals surface area contributed by atoms with Gasteiger partial charge in [-0.3, -0.25) is 4.79 Å². The number of pyridine rings is 1. The lowest BCUT2D eigenvalue weighted by Crippen LogP contribution is -2.28. The van der Waals surface area contributed by atoms with Crippen LogP contribution in [0.15, 0.2) is 84.9 Å². The number of nitrogens with one attached hydrogen (secondary N) is 2. The first-order valence-electron chi connectivity index (χ1n) is 12.3. The van der Waals surface area contributed by atoms with E-state index in [2.05, 4.69) is 85.0 Å². The van der Waals surface area contributed by atoms with Crippen LogP contribution in [0.25, 0.3) is 10.9 Å². The topological polar surface area (TPSA) is 57.3 Å². The van der Waals surface area contributed by atoms with Gasteiger partial charge in [0.15, 0.2) is 0 Å². The third-order valence-corrected chi connectivity index (χ3v) is 6.11. The van der Waals surface area contributed by atoms with Gasteiger partial charge in [0.05, 0.1) is 11.1 Å². The molecule has 0 unspecified atom stereocenters. The molecule has 4 rings (SSSR count). The van der Waals surface area contributed by atoms with Crippen molar-refractivity contribution in [3.63, 3.8) is 0 Å². The quantitative estimate of drug-likeness (QED) is 0.267. The van der Waals surface area contributed by atoms with E-state index in [4.69, 9.17) is 4.98 Å². The predicted molar refractivity (Wildman–Crippen MR) is 145 cm³/mol. The fourth-order valence-electron chi connectivity index (χ4n) is 4.15. The van der Waals surface area contributed by atoms with Crippen LogP contribution in [-0.2, 0) is 6.54 Å². The Kier molecular flexibility index (Phi) is 8.11. The molecule has 5 heteroatoms. The zero-order chi connectivity index (χ0) is 24.6. The van der Waals surface area contributed by atoms with E-state index in [-0.39, 0.29) is 5.91 Å². The highest BCUT2D eigenvalue weighted by molar-refractivity contribution is 6.07. The van der Waals surface area contributed by atoms with Crippen LogP contribution in [-0.4, -0.2) is 35.9 Å². The Morgan fingerprint density at radius 2 is 1.66 bits per heavy atom. The molecule has 0 saturated heterocycles. The zero-order valence-corrected chi connectivity index (χ0v) is 20.8.